The van der Waals surface area contributed by atoms with Crippen LogP contribution in [-0.2, 0) is 0 Å². The quantitative estimate of drug-likeness (QED) is 0.709. The van der Waals surface area contributed by atoms with Gasteiger partial charge in [0.1, 0.15) is 0 Å². The zero-order chi connectivity index (χ0) is 12.3. The normalized spacial score (nSPS) is 19.2. The van der Waals surface area contributed by atoms with Crippen LogP contribution in [0.15, 0.2) is 18.2 Å². The Bertz CT molecular complexity index is 416. The molecular formula is C12H17N3OS. The van der Waals surface area contributed by atoms with Gasteiger partial charge in [0.25, 0.3) is 5.91 Å². The first-order chi connectivity index (χ1) is 8.18. The molecule has 0 saturated carbocycles. The number of anilines is 2. The highest BCUT2D eigenvalue weighted by Crippen LogP contribution is 2.27. The van der Waals surface area contributed by atoms with Gasteiger partial charge in [0.15, 0.2) is 0 Å². The first-order valence-corrected chi connectivity index (χ1v) is 6.84. The van der Waals surface area contributed by atoms with Gasteiger partial charge in [-0.05, 0) is 36.0 Å². The molecule has 1 aromatic carbocycles. The molecular weight excluding hydrogens is 234 g/mol. The van der Waals surface area contributed by atoms with Gasteiger partial charge in [-0.1, -0.05) is 6.07 Å². The minimum atomic E-state index is -0.444. The number of hydrogen-bond acceptors (Lipinski definition) is 4. The van der Waals surface area contributed by atoms with Crippen molar-refractivity contribution in [3.8, 4) is 0 Å². The second-order valence-electron chi connectivity index (χ2n) is 4.24. The van der Waals surface area contributed by atoms with E-state index < -0.39 is 5.91 Å². The summed E-state index contributed by atoms with van der Waals surface area (Å²) in [5.41, 5.74) is 12.9. The third-order valence-corrected chi connectivity index (χ3v) is 4.19. The molecule has 0 aliphatic carbocycles. The Morgan fingerprint density at radius 1 is 1.53 bits per heavy atom. The van der Waals surface area contributed by atoms with E-state index in [9.17, 15) is 4.79 Å². The van der Waals surface area contributed by atoms with Gasteiger partial charge in [-0.2, -0.15) is 11.8 Å². The maximum Gasteiger partial charge on any atom is 0.250 e. The number of benzene rings is 1. The van der Waals surface area contributed by atoms with Crippen LogP contribution in [0.1, 0.15) is 16.8 Å². The molecule has 1 unspecified atom stereocenters. The number of nitrogens with one attached hydrogen (secondary N) is 1. The predicted octanol–water partition coefficient (Wildman–Crippen LogP) is 1.53. The lowest BCUT2D eigenvalue weighted by Crippen LogP contribution is -2.19. The number of amides is 1. The zero-order valence-corrected chi connectivity index (χ0v) is 10.4. The number of nitrogen functional groups attached to an aromatic ring is 1. The number of carbonyl (C=O) groups excluding carboxylic acids is 1. The zero-order valence-electron chi connectivity index (χ0n) is 9.61. The topological polar surface area (TPSA) is 81.1 Å². The maximum atomic E-state index is 11.3. The molecule has 1 aromatic rings. The van der Waals surface area contributed by atoms with Gasteiger partial charge in [0.2, 0.25) is 0 Å². The Kier molecular flexibility index (Phi) is 3.78. The summed E-state index contributed by atoms with van der Waals surface area (Å²) < 4.78 is 0. The number of para-hydroxylation sites is 1. The molecule has 1 aliphatic heterocycles. The van der Waals surface area contributed by atoms with Crippen LogP contribution in [0.5, 0.6) is 0 Å². The summed E-state index contributed by atoms with van der Waals surface area (Å²) in [7, 11) is 0. The van der Waals surface area contributed by atoms with Crippen molar-refractivity contribution >= 4 is 29.0 Å². The van der Waals surface area contributed by atoms with Crippen LogP contribution < -0.4 is 16.8 Å². The number of carbonyl (C=O) groups is 1. The first kappa shape index (κ1) is 12.1. The number of rotatable bonds is 4. The highest BCUT2D eigenvalue weighted by Gasteiger charge is 2.17. The minimum absolute atomic E-state index is 0.444. The molecule has 0 aromatic heterocycles. The minimum Gasteiger partial charge on any atom is -0.397 e. The van der Waals surface area contributed by atoms with E-state index in [0.717, 1.165) is 6.54 Å². The molecule has 0 bridgehead atoms. The average molecular weight is 251 g/mol. The molecule has 5 N–H and O–H groups in total. The third kappa shape index (κ3) is 2.85. The Morgan fingerprint density at radius 3 is 3.00 bits per heavy atom. The van der Waals surface area contributed by atoms with Crippen LogP contribution in [0.2, 0.25) is 0 Å². The largest absolute Gasteiger partial charge is 0.397 e. The lowest BCUT2D eigenvalue weighted by molar-refractivity contribution is 0.100. The van der Waals surface area contributed by atoms with Crippen LogP contribution in [0.4, 0.5) is 11.4 Å². The van der Waals surface area contributed by atoms with E-state index in [-0.39, 0.29) is 0 Å². The molecule has 4 nitrogen and oxygen atoms in total. The number of primary amides is 1. The molecule has 2 rings (SSSR count). The van der Waals surface area contributed by atoms with Gasteiger partial charge in [-0.3, -0.25) is 4.79 Å². The Hall–Kier alpha value is -1.36. The van der Waals surface area contributed by atoms with Crippen LogP contribution in [0.3, 0.4) is 0 Å². The second-order valence-corrected chi connectivity index (χ2v) is 5.39. The lowest BCUT2D eigenvalue weighted by atomic mass is 10.1. The molecule has 1 saturated heterocycles. The summed E-state index contributed by atoms with van der Waals surface area (Å²) in [6.45, 7) is 0.849. The van der Waals surface area contributed by atoms with Crippen molar-refractivity contribution in [2.45, 2.75) is 6.42 Å². The van der Waals surface area contributed by atoms with Crippen molar-refractivity contribution in [1.82, 2.24) is 0 Å². The van der Waals surface area contributed by atoms with E-state index in [2.05, 4.69) is 5.32 Å². The van der Waals surface area contributed by atoms with E-state index in [0.29, 0.717) is 22.9 Å². The van der Waals surface area contributed by atoms with Gasteiger partial charge in [-0.25, -0.2) is 0 Å². The lowest BCUT2D eigenvalue weighted by Gasteiger charge is -2.15. The summed E-state index contributed by atoms with van der Waals surface area (Å²) in [4.78, 5) is 11.3. The van der Waals surface area contributed by atoms with Crippen LogP contribution in [0.25, 0.3) is 0 Å². The summed E-state index contributed by atoms with van der Waals surface area (Å²) >= 11 is 1.97. The van der Waals surface area contributed by atoms with E-state index in [4.69, 9.17) is 11.5 Å². The molecule has 1 aliphatic rings. The summed E-state index contributed by atoms with van der Waals surface area (Å²) in [5, 5.41) is 3.27. The standard InChI is InChI=1S/C12H17N3OS/c13-10-3-1-2-9(12(14)16)11(10)15-6-8-4-5-17-7-8/h1-3,8,15H,4-7,13H2,(H2,14,16). The highest BCUT2D eigenvalue weighted by molar-refractivity contribution is 7.99. The van der Waals surface area contributed by atoms with E-state index in [1.54, 1.807) is 18.2 Å². The molecule has 0 spiro atoms. The van der Waals surface area contributed by atoms with Gasteiger partial charge in [0, 0.05) is 6.54 Å². The summed E-state index contributed by atoms with van der Waals surface area (Å²) in [6.07, 6.45) is 1.22. The van der Waals surface area contributed by atoms with Gasteiger partial charge < -0.3 is 16.8 Å². The molecule has 17 heavy (non-hydrogen) atoms. The molecule has 1 amide bonds. The van der Waals surface area contributed by atoms with Crippen molar-refractivity contribution in [3.05, 3.63) is 23.8 Å². The predicted molar refractivity (Wildman–Crippen MR) is 73.3 cm³/mol. The fraction of sp³-hybridized carbons (Fsp3) is 0.417. The van der Waals surface area contributed by atoms with Crippen molar-refractivity contribution in [2.75, 3.05) is 29.1 Å². The molecule has 1 atom stereocenters. The van der Waals surface area contributed by atoms with Crippen LogP contribution in [-0.4, -0.2) is 24.0 Å². The molecule has 5 heteroatoms. The molecule has 0 radical (unpaired) electrons. The third-order valence-electron chi connectivity index (χ3n) is 2.95. The van der Waals surface area contributed by atoms with Crippen molar-refractivity contribution in [1.29, 1.82) is 0 Å². The van der Waals surface area contributed by atoms with Crippen molar-refractivity contribution in [2.24, 2.45) is 11.7 Å². The second kappa shape index (κ2) is 5.31. The van der Waals surface area contributed by atoms with Gasteiger partial charge in [0.05, 0.1) is 16.9 Å². The SMILES string of the molecule is NC(=O)c1cccc(N)c1NCC1CCSC1. The summed E-state index contributed by atoms with van der Waals surface area (Å²) in [6, 6.07) is 5.22. The van der Waals surface area contributed by atoms with E-state index in [1.807, 2.05) is 11.8 Å². The smallest absolute Gasteiger partial charge is 0.250 e. The molecule has 92 valence electrons. The van der Waals surface area contributed by atoms with Crippen LogP contribution >= 0.6 is 11.8 Å². The Morgan fingerprint density at radius 2 is 2.35 bits per heavy atom. The van der Waals surface area contributed by atoms with Crippen LogP contribution in [0, 0.1) is 5.92 Å². The number of thioether (sulfide) groups is 1. The number of nitrogens with two attached hydrogens (primary N) is 2. The summed E-state index contributed by atoms with van der Waals surface area (Å²) in [5.74, 6) is 2.60. The van der Waals surface area contributed by atoms with Crippen molar-refractivity contribution < 1.29 is 4.79 Å². The van der Waals surface area contributed by atoms with Gasteiger partial charge >= 0.3 is 0 Å². The molecule has 1 heterocycles. The highest BCUT2D eigenvalue weighted by atomic mass is 32.2. The van der Waals surface area contributed by atoms with E-state index >= 15 is 0 Å². The average Bonchev–Trinajstić information content (AvgIpc) is 2.80. The number of hydrogen-bond donors (Lipinski definition) is 3. The van der Waals surface area contributed by atoms with Crippen molar-refractivity contribution in [3.63, 3.8) is 0 Å². The Labute approximate surface area is 105 Å². The maximum absolute atomic E-state index is 11.3. The monoisotopic (exact) mass is 251 g/mol. The fourth-order valence-corrected chi connectivity index (χ4v) is 3.25. The van der Waals surface area contributed by atoms with Gasteiger partial charge in [-0.15, -0.1) is 0 Å². The molecule has 1 fully saturated rings. The first-order valence-electron chi connectivity index (χ1n) is 5.68. The fourth-order valence-electron chi connectivity index (χ4n) is 1.96. The van der Waals surface area contributed by atoms with E-state index in [1.165, 1.54) is 17.9 Å². The Balaban J connectivity index is 2.10.